The lowest BCUT2D eigenvalue weighted by Gasteiger charge is -2.36. The molecule has 20 heavy (non-hydrogen) atoms. The molecule has 8 nitrogen and oxygen atoms in total. The number of carboxylic acid groups (broad SMARTS) is 1. The molecule has 2 heterocycles. The van der Waals surface area contributed by atoms with E-state index in [0.717, 1.165) is 19.3 Å². The molecule has 0 amide bonds. The summed E-state index contributed by atoms with van der Waals surface area (Å²) < 4.78 is 1.64. The van der Waals surface area contributed by atoms with Crippen LogP contribution in [0.15, 0.2) is 6.33 Å². The van der Waals surface area contributed by atoms with Crippen molar-refractivity contribution in [3.8, 4) is 0 Å². The van der Waals surface area contributed by atoms with Crippen LogP contribution >= 0.6 is 0 Å². The molecule has 1 N–H and O–H groups in total. The summed E-state index contributed by atoms with van der Waals surface area (Å²) >= 11 is 0. The van der Waals surface area contributed by atoms with Gasteiger partial charge < -0.3 is 20.1 Å². The van der Waals surface area contributed by atoms with Gasteiger partial charge in [-0.05, 0) is 35.6 Å². The SMILES string of the molecule is Cn1cnc([N+](=O)[O-])c1N1CCCCC1CCC(=O)O. The number of aliphatic carboxylic acids is 1. The second kappa shape index (κ2) is 5.89. The number of imidazole rings is 1. The summed E-state index contributed by atoms with van der Waals surface area (Å²) in [5.41, 5.74) is 0. The quantitative estimate of drug-likeness (QED) is 0.649. The van der Waals surface area contributed by atoms with E-state index in [9.17, 15) is 14.9 Å². The molecule has 1 aliphatic rings. The Bertz CT molecular complexity index is 514. The van der Waals surface area contributed by atoms with Crippen molar-refractivity contribution in [2.75, 3.05) is 11.4 Å². The van der Waals surface area contributed by atoms with Crippen LogP contribution in [0.2, 0.25) is 0 Å². The molecular weight excluding hydrogens is 264 g/mol. The van der Waals surface area contributed by atoms with E-state index < -0.39 is 10.9 Å². The fourth-order valence-electron chi connectivity index (χ4n) is 2.74. The Morgan fingerprint density at radius 2 is 2.35 bits per heavy atom. The predicted octanol–water partition coefficient (Wildman–Crippen LogP) is 1.55. The van der Waals surface area contributed by atoms with Gasteiger partial charge in [0.25, 0.3) is 0 Å². The summed E-state index contributed by atoms with van der Waals surface area (Å²) in [6.07, 6.45) is 4.83. The van der Waals surface area contributed by atoms with Crippen LogP contribution < -0.4 is 4.90 Å². The fourth-order valence-corrected chi connectivity index (χ4v) is 2.74. The van der Waals surface area contributed by atoms with E-state index in [1.807, 2.05) is 4.90 Å². The number of aromatic nitrogens is 2. The smallest absolute Gasteiger partial charge is 0.406 e. The zero-order chi connectivity index (χ0) is 14.7. The minimum atomic E-state index is -0.838. The zero-order valence-corrected chi connectivity index (χ0v) is 11.4. The third kappa shape index (κ3) is 2.89. The molecule has 0 aliphatic carbocycles. The van der Waals surface area contributed by atoms with Gasteiger partial charge in [-0.1, -0.05) is 0 Å². The van der Waals surface area contributed by atoms with Gasteiger partial charge in [-0.25, -0.2) is 0 Å². The molecule has 0 bridgehead atoms. The van der Waals surface area contributed by atoms with E-state index in [2.05, 4.69) is 4.98 Å². The summed E-state index contributed by atoms with van der Waals surface area (Å²) in [5.74, 6) is -0.519. The average Bonchev–Trinajstić information content (AvgIpc) is 2.78. The summed E-state index contributed by atoms with van der Waals surface area (Å²) in [6, 6.07) is 0.0222. The molecular formula is C12H18N4O4. The van der Waals surface area contributed by atoms with Crippen molar-refractivity contribution < 1.29 is 14.8 Å². The van der Waals surface area contributed by atoms with Crippen molar-refractivity contribution in [1.82, 2.24) is 9.55 Å². The maximum absolute atomic E-state index is 11.1. The second-order valence-corrected chi connectivity index (χ2v) is 5.04. The number of nitrogens with zero attached hydrogens (tertiary/aromatic N) is 4. The highest BCUT2D eigenvalue weighted by atomic mass is 16.6. The van der Waals surface area contributed by atoms with Gasteiger partial charge in [0.15, 0.2) is 0 Å². The first-order valence-corrected chi connectivity index (χ1v) is 6.65. The Morgan fingerprint density at radius 1 is 1.60 bits per heavy atom. The molecule has 2 rings (SSSR count). The van der Waals surface area contributed by atoms with Crippen LogP contribution in [-0.2, 0) is 11.8 Å². The van der Waals surface area contributed by atoms with Gasteiger partial charge in [0.2, 0.25) is 12.1 Å². The number of rotatable bonds is 5. The monoisotopic (exact) mass is 282 g/mol. The van der Waals surface area contributed by atoms with Crippen molar-refractivity contribution >= 4 is 17.6 Å². The number of carboxylic acids is 1. The topological polar surface area (TPSA) is 101 Å². The van der Waals surface area contributed by atoms with E-state index in [0.29, 0.717) is 18.8 Å². The number of hydrogen-bond donors (Lipinski definition) is 1. The van der Waals surface area contributed by atoms with E-state index in [1.54, 1.807) is 11.6 Å². The molecule has 1 fully saturated rings. The highest BCUT2D eigenvalue weighted by Gasteiger charge is 2.32. The number of anilines is 1. The molecule has 8 heteroatoms. The largest absolute Gasteiger partial charge is 0.481 e. The zero-order valence-electron chi connectivity index (χ0n) is 11.4. The Balaban J connectivity index is 2.25. The molecule has 1 aliphatic heterocycles. The van der Waals surface area contributed by atoms with E-state index >= 15 is 0 Å². The first kappa shape index (κ1) is 14.3. The van der Waals surface area contributed by atoms with Crippen molar-refractivity contribution in [2.45, 2.75) is 38.1 Å². The molecule has 1 aromatic rings. The van der Waals surface area contributed by atoms with Gasteiger partial charge in [-0.15, -0.1) is 0 Å². The van der Waals surface area contributed by atoms with Crippen molar-refractivity contribution in [2.24, 2.45) is 7.05 Å². The van der Waals surface area contributed by atoms with Crippen LogP contribution in [0, 0.1) is 10.1 Å². The van der Waals surface area contributed by atoms with Gasteiger partial charge in [0.05, 0.1) is 0 Å². The van der Waals surface area contributed by atoms with Gasteiger partial charge in [-0.2, -0.15) is 0 Å². The molecule has 0 saturated carbocycles. The van der Waals surface area contributed by atoms with Gasteiger partial charge in [-0.3, -0.25) is 9.36 Å². The number of piperidine rings is 1. The van der Waals surface area contributed by atoms with Crippen molar-refractivity contribution in [3.63, 3.8) is 0 Å². The third-order valence-corrected chi connectivity index (χ3v) is 3.65. The van der Waals surface area contributed by atoms with E-state index in [4.69, 9.17) is 5.11 Å². The molecule has 110 valence electrons. The van der Waals surface area contributed by atoms with Gasteiger partial charge in [0, 0.05) is 26.1 Å². The summed E-state index contributed by atoms with van der Waals surface area (Å²) in [7, 11) is 1.72. The van der Waals surface area contributed by atoms with E-state index in [-0.39, 0.29) is 18.3 Å². The predicted molar refractivity (Wildman–Crippen MR) is 71.7 cm³/mol. The molecule has 1 saturated heterocycles. The van der Waals surface area contributed by atoms with Crippen molar-refractivity contribution in [3.05, 3.63) is 16.4 Å². The maximum Gasteiger partial charge on any atom is 0.406 e. The summed E-state index contributed by atoms with van der Waals surface area (Å²) in [6.45, 7) is 0.699. The van der Waals surface area contributed by atoms with Crippen molar-refractivity contribution in [1.29, 1.82) is 0 Å². The van der Waals surface area contributed by atoms with Crippen LogP contribution in [-0.4, -0.2) is 38.1 Å². The van der Waals surface area contributed by atoms with Crippen LogP contribution in [0.3, 0.4) is 0 Å². The first-order chi connectivity index (χ1) is 9.50. The normalized spacial score (nSPS) is 19.1. The summed E-state index contributed by atoms with van der Waals surface area (Å²) in [5, 5.41) is 19.9. The van der Waals surface area contributed by atoms with Crippen LogP contribution in [0.25, 0.3) is 0 Å². The molecule has 0 aromatic carbocycles. The Kier molecular flexibility index (Phi) is 4.21. The highest BCUT2D eigenvalue weighted by molar-refractivity contribution is 5.67. The Morgan fingerprint density at radius 3 is 3.00 bits per heavy atom. The third-order valence-electron chi connectivity index (χ3n) is 3.65. The lowest BCUT2D eigenvalue weighted by atomic mass is 9.98. The second-order valence-electron chi connectivity index (χ2n) is 5.04. The molecule has 0 radical (unpaired) electrons. The highest BCUT2D eigenvalue weighted by Crippen LogP contribution is 2.32. The van der Waals surface area contributed by atoms with E-state index in [1.165, 1.54) is 6.33 Å². The standard InChI is InChI=1S/C12H18N4O4/c1-14-8-13-11(16(19)20)12(14)15-7-3-2-4-9(15)5-6-10(17)18/h8-9H,2-7H2,1H3,(H,17,18). The molecule has 0 spiro atoms. The summed E-state index contributed by atoms with van der Waals surface area (Å²) in [4.78, 5) is 27.1. The van der Waals surface area contributed by atoms with Gasteiger partial charge in [0.1, 0.15) is 0 Å². The maximum atomic E-state index is 11.1. The Hall–Kier alpha value is -2.12. The Labute approximate surface area is 116 Å². The minimum absolute atomic E-state index is 0.0222. The van der Waals surface area contributed by atoms with Crippen LogP contribution in [0.4, 0.5) is 11.6 Å². The number of hydrogen-bond acceptors (Lipinski definition) is 5. The number of aryl methyl sites for hydroxylation is 1. The van der Waals surface area contributed by atoms with Crippen LogP contribution in [0.1, 0.15) is 32.1 Å². The van der Waals surface area contributed by atoms with Crippen LogP contribution in [0.5, 0.6) is 0 Å². The molecule has 1 unspecified atom stereocenters. The number of carbonyl (C=O) groups is 1. The fraction of sp³-hybridized carbons (Fsp3) is 0.667. The average molecular weight is 282 g/mol. The lowest BCUT2D eigenvalue weighted by molar-refractivity contribution is -0.388. The number of nitro groups is 1. The molecule has 1 atom stereocenters. The minimum Gasteiger partial charge on any atom is -0.481 e. The van der Waals surface area contributed by atoms with Gasteiger partial charge >= 0.3 is 11.8 Å². The lowest BCUT2D eigenvalue weighted by Crippen LogP contribution is -2.41. The molecule has 1 aromatic heterocycles. The first-order valence-electron chi connectivity index (χ1n) is 6.65.